The molecule has 2 heterocycles. The van der Waals surface area contributed by atoms with Crippen LogP contribution in [0.15, 0.2) is 12.1 Å². The highest BCUT2D eigenvalue weighted by Crippen LogP contribution is 2.41. The molecular weight excluding hydrogens is 442 g/mol. The smallest absolute Gasteiger partial charge is 0.409 e. The molecule has 2 aromatic rings. The van der Waals surface area contributed by atoms with Crippen LogP contribution in [0.4, 0.5) is 4.79 Å². The molecule has 35 heavy (non-hydrogen) atoms. The molecule has 1 N–H and O–H groups in total. The number of hydrogen-bond donors (Lipinski definition) is 1. The summed E-state index contributed by atoms with van der Waals surface area (Å²) in [5, 5.41) is 9.49. The molecule has 1 aromatic heterocycles. The number of imidazole rings is 1. The number of benzene rings is 1. The number of fused-ring (bicyclic) bond motifs is 3. The molecule has 1 aromatic carbocycles. The monoisotopic (exact) mass is 481 g/mol. The molecule has 0 radical (unpaired) electrons. The van der Waals surface area contributed by atoms with Gasteiger partial charge in [-0.3, -0.25) is 4.79 Å². The summed E-state index contributed by atoms with van der Waals surface area (Å²) in [7, 11) is 1.44. The van der Waals surface area contributed by atoms with Crippen molar-refractivity contribution in [3.8, 4) is 0 Å². The Kier molecular flexibility index (Phi) is 7.03. The zero-order valence-corrected chi connectivity index (χ0v) is 21.2. The van der Waals surface area contributed by atoms with E-state index in [0.29, 0.717) is 32.0 Å². The molecule has 2 fully saturated rings. The summed E-state index contributed by atoms with van der Waals surface area (Å²) in [6, 6.07) is 4.80. The van der Waals surface area contributed by atoms with Gasteiger partial charge in [-0.25, -0.2) is 9.78 Å². The van der Waals surface area contributed by atoms with Crippen LogP contribution < -0.4 is 0 Å². The van der Waals surface area contributed by atoms with Gasteiger partial charge in [-0.2, -0.15) is 0 Å². The normalized spacial score (nSPS) is 24.2. The van der Waals surface area contributed by atoms with Gasteiger partial charge < -0.3 is 19.3 Å². The second-order valence-electron chi connectivity index (χ2n) is 11.0. The Balaban J connectivity index is 1.52. The Morgan fingerprint density at radius 1 is 1.11 bits per heavy atom. The first kappa shape index (κ1) is 24.1. The number of methoxy groups -OCH3 is 1. The molecule has 0 saturated heterocycles. The van der Waals surface area contributed by atoms with Crippen LogP contribution in [0, 0.1) is 11.8 Å². The lowest BCUT2D eigenvalue weighted by molar-refractivity contribution is -0.142. The Morgan fingerprint density at radius 2 is 1.86 bits per heavy atom. The van der Waals surface area contributed by atoms with Gasteiger partial charge in [-0.1, -0.05) is 38.2 Å². The van der Waals surface area contributed by atoms with Gasteiger partial charge in [0, 0.05) is 24.1 Å². The highest BCUT2D eigenvalue weighted by atomic mass is 16.5. The summed E-state index contributed by atoms with van der Waals surface area (Å²) in [6.45, 7) is 3.52. The number of carboxylic acid groups (broad SMARTS) is 1. The quantitative estimate of drug-likeness (QED) is 0.562. The zero-order valence-electron chi connectivity index (χ0n) is 21.2. The average Bonchev–Trinajstić information content (AvgIpc) is 3.29. The van der Waals surface area contributed by atoms with E-state index >= 15 is 0 Å². The van der Waals surface area contributed by atoms with E-state index in [4.69, 9.17) is 9.72 Å². The summed E-state index contributed by atoms with van der Waals surface area (Å²) in [6.07, 6.45) is 11.5. The maximum atomic E-state index is 12.3. The van der Waals surface area contributed by atoms with Crippen LogP contribution in [0.3, 0.4) is 0 Å². The maximum absolute atomic E-state index is 12.3. The largest absolute Gasteiger partial charge is 0.481 e. The number of nitrogens with zero attached hydrogens (tertiary/aromatic N) is 3. The fraction of sp³-hybridized carbons (Fsp3) is 0.679. The number of aliphatic carboxylic acids is 1. The Hall–Kier alpha value is -2.57. The van der Waals surface area contributed by atoms with E-state index in [2.05, 4.69) is 23.6 Å². The third kappa shape index (κ3) is 4.78. The van der Waals surface area contributed by atoms with Crippen LogP contribution in [0.1, 0.15) is 100 Å². The van der Waals surface area contributed by atoms with Gasteiger partial charge in [0.15, 0.2) is 0 Å². The van der Waals surface area contributed by atoms with Crippen LogP contribution in [0.2, 0.25) is 0 Å². The van der Waals surface area contributed by atoms with Gasteiger partial charge in [-0.15, -0.1) is 0 Å². The van der Waals surface area contributed by atoms with Crippen molar-refractivity contribution >= 4 is 23.1 Å². The first-order valence-corrected chi connectivity index (χ1v) is 13.5. The van der Waals surface area contributed by atoms with Crippen LogP contribution in [-0.4, -0.2) is 45.3 Å². The number of amides is 1. The number of carbonyl (C=O) groups is 2. The van der Waals surface area contributed by atoms with Gasteiger partial charge in [0.1, 0.15) is 5.82 Å². The van der Waals surface area contributed by atoms with E-state index in [1.165, 1.54) is 44.8 Å². The Bertz CT molecular complexity index is 1080. The predicted octanol–water partition coefficient (Wildman–Crippen LogP) is 6.05. The lowest BCUT2D eigenvalue weighted by atomic mass is 9.81. The van der Waals surface area contributed by atoms with Crippen LogP contribution in [0.5, 0.6) is 0 Å². The number of hydrogen-bond acceptors (Lipinski definition) is 4. The molecule has 190 valence electrons. The number of carbonyl (C=O) groups excluding carboxylic acids is 1. The van der Waals surface area contributed by atoms with Gasteiger partial charge in [-0.05, 0) is 63.0 Å². The first-order chi connectivity index (χ1) is 17.0. The lowest BCUT2D eigenvalue weighted by Gasteiger charge is -2.30. The fourth-order valence-electron chi connectivity index (χ4n) is 6.86. The standard InChI is InChI=1S/C28H39N3O4/c1-18(16-19-6-4-3-5-7-19)31-24-13-12-20-14-15-30(28(34)35-2)17-23(20)25(24)29-26(31)21-8-10-22(11-9-21)27(32)33/h12-13,18-19,21-22H,3-11,14-17H2,1-2H3,(H,32,33)/t18-,21-,22-/m0/s1. The molecule has 5 rings (SSSR count). The van der Waals surface area contributed by atoms with E-state index in [1.54, 1.807) is 4.90 Å². The minimum Gasteiger partial charge on any atom is -0.481 e. The van der Waals surface area contributed by atoms with Crippen molar-refractivity contribution in [2.45, 2.75) is 96.1 Å². The van der Waals surface area contributed by atoms with E-state index in [0.717, 1.165) is 54.0 Å². The molecule has 0 bridgehead atoms. The van der Waals surface area contributed by atoms with Crippen LogP contribution in [0.25, 0.3) is 11.0 Å². The van der Waals surface area contributed by atoms with Crippen LogP contribution in [-0.2, 0) is 22.5 Å². The lowest BCUT2D eigenvalue weighted by Crippen LogP contribution is -2.35. The van der Waals surface area contributed by atoms with Crippen molar-refractivity contribution in [2.75, 3.05) is 13.7 Å². The summed E-state index contributed by atoms with van der Waals surface area (Å²) in [4.78, 5) is 30.9. The van der Waals surface area contributed by atoms with Gasteiger partial charge in [0.2, 0.25) is 0 Å². The first-order valence-electron chi connectivity index (χ1n) is 13.5. The van der Waals surface area contributed by atoms with Gasteiger partial charge in [0.05, 0.1) is 30.6 Å². The molecule has 7 nitrogen and oxygen atoms in total. The van der Waals surface area contributed by atoms with Crippen molar-refractivity contribution in [1.29, 1.82) is 0 Å². The highest BCUT2D eigenvalue weighted by molar-refractivity contribution is 5.82. The van der Waals surface area contributed by atoms with E-state index in [9.17, 15) is 14.7 Å². The topological polar surface area (TPSA) is 84.7 Å². The van der Waals surface area contributed by atoms with Gasteiger partial charge >= 0.3 is 12.1 Å². The van der Waals surface area contributed by atoms with Gasteiger partial charge in [0.25, 0.3) is 0 Å². The van der Waals surface area contributed by atoms with Crippen molar-refractivity contribution in [3.05, 3.63) is 29.1 Å². The highest BCUT2D eigenvalue weighted by Gasteiger charge is 2.33. The predicted molar refractivity (Wildman–Crippen MR) is 134 cm³/mol. The molecule has 0 spiro atoms. The van der Waals surface area contributed by atoms with E-state index < -0.39 is 5.97 Å². The molecule has 1 aliphatic heterocycles. The number of ether oxygens (including phenoxy) is 1. The molecular formula is C28H39N3O4. The van der Waals surface area contributed by atoms with Crippen molar-refractivity contribution in [2.24, 2.45) is 11.8 Å². The summed E-state index contributed by atoms with van der Waals surface area (Å²) >= 11 is 0. The average molecular weight is 482 g/mol. The third-order valence-electron chi connectivity index (χ3n) is 8.81. The molecule has 2 aliphatic carbocycles. The van der Waals surface area contributed by atoms with E-state index in [-0.39, 0.29) is 17.9 Å². The summed E-state index contributed by atoms with van der Waals surface area (Å²) < 4.78 is 7.49. The SMILES string of the molecule is COC(=O)N1CCc2ccc3c(nc([C@H]4CC[C@H](C(=O)O)CC4)n3[C@@H](C)CC3CCCCC3)c2C1. The maximum Gasteiger partial charge on any atom is 0.409 e. The summed E-state index contributed by atoms with van der Waals surface area (Å²) in [5.74, 6) is 1.27. The molecule has 0 unspecified atom stereocenters. The van der Waals surface area contributed by atoms with Crippen molar-refractivity contribution in [1.82, 2.24) is 14.5 Å². The number of aromatic nitrogens is 2. The molecule has 3 aliphatic rings. The third-order valence-corrected chi connectivity index (χ3v) is 8.81. The minimum atomic E-state index is -0.667. The second kappa shape index (κ2) is 10.2. The Labute approximate surface area is 207 Å². The summed E-state index contributed by atoms with van der Waals surface area (Å²) in [5.41, 5.74) is 4.59. The fourth-order valence-corrected chi connectivity index (χ4v) is 6.86. The number of rotatable bonds is 5. The molecule has 1 amide bonds. The van der Waals surface area contributed by atoms with Crippen molar-refractivity contribution in [3.63, 3.8) is 0 Å². The molecule has 2 saturated carbocycles. The Morgan fingerprint density at radius 3 is 2.54 bits per heavy atom. The molecule has 1 atom stereocenters. The van der Waals surface area contributed by atoms with E-state index in [1.807, 2.05) is 0 Å². The zero-order chi connectivity index (χ0) is 24.5. The minimum absolute atomic E-state index is 0.231. The van der Waals surface area contributed by atoms with Crippen molar-refractivity contribution < 1.29 is 19.4 Å². The number of carboxylic acids is 1. The molecule has 7 heteroatoms. The van der Waals surface area contributed by atoms with Crippen LogP contribution >= 0.6 is 0 Å². The second-order valence-corrected chi connectivity index (χ2v) is 11.0.